The van der Waals surface area contributed by atoms with E-state index in [0.29, 0.717) is 12.1 Å². The standard InChI is InChI=1S/C8H9ClFN/c1-6(9)5-8-7(10)3-2-4-11-8/h2-4,6H,5H2,1H3. The number of hydrogen-bond donors (Lipinski definition) is 0. The van der Waals surface area contributed by atoms with Gasteiger partial charge < -0.3 is 0 Å². The number of rotatable bonds is 2. The Hall–Kier alpha value is -0.630. The number of nitrogens with zero attached hydrogens (tertiary/aromatic N) is 1. The summed E-state index contributed by atoms with van der Waals surface area (Å²) in [4.78, 5) is 3.86. The minimum absolute atomic E-state index is 0.0700. The van der Waals surface area contributed by atoms with Gasteiger partial charge in [-0.05, 0) is 19.1 Å². The molecule has 11 heavy (non-hydrogen) atoms. The van der Waals surface area contributed by atoms with E-state index in [0.717, 1.165) is 0 Å². The molecule has 0 amide bonds. The van der Waals surface area contributed by atoms with Crippen molar-refractivity contribution in [1.82, 2.24) is 4.98 Å². The van der Waals surface area contributed by atoms with E-state index in [-0.39, 0.29) is 11.2 Å². The van der Waals surface area contributed by atoms with Crippen LogP contribution in [0, 0.1) is 5.82 Å². The van der Waals surface area contributed by atoms with Crippen molar-refractivity contribution in [1.29, 1.82) is 0 Å². The summed E-state index contributed by atoms with van der Waals surface area (Å²) >= 11 is 5.68. The summed E-state index contributed by atoms with van der Waals surface area (Å²) in [5.41, 5.74) is 0.440. The second kappa shape index (κ2) is 3.67. The monoisotopic (exact) mass is 173 g/mol. The number of pyridine rings is 1. The Kier molecular flexibility index (Phi) is 2.83. The minimum atomic E-state index is -0.278. The topological polar surface area (TPSA) is 12.9 Å². The summed E-state index contributed by atoms with van der Waals surface area (Å²) in [5, 5.41) is -0.0700. The average molecular weight is 174 g/mol. The van der Waals surface area contributed by atoms with Gasteiger partial charge in [-0.15, -0.1) is 11.6 Å². The van der Waals surface area contributed by atoms with Crippen LogP contribution in [0.3, 0.4) is 0 Å². The van der Waals surface area contributed by atoms with Crippen LogP contribution in [-0.2, 0) is 6.42 Å². The molecule has 1 rings (SSSR count). The van der Waals surface area contributed by atoms with E-state index in [9.17, 15) is 4.39 Å². The number of halogens is 2. The summed E-state index contributed by atoms with van der Waals surface area (Å²) < 4.78 is 12.8. The molecule has 0 aliphatic rings. The molecule has 0 saturated heterocycles. The Balaban J connectivity index is 2.78. The molecule has 1 aromatic heterocycles. The highest BCUT2D eigenvalue weighted by atomic mass is 35.5. The summed E-state index contributed by atoms with van der Waals surface area (Å²) in [5.74, 6) is -0.278. The molecule has 0 bridgehead atoms. The van der Waals surface area contributed by atoms with Crippen molar-refractivity contribution in [3.05, 3.63) is 29.8 Å². The first-order valence-electron chi connectivity index (χ1n) is 3.43. The molecule has 1 atom stereocenters. The molecule has 0 radical (unpaired) electrons. The van der Waals surface area contributed by atoms with Gasteiger partial charge in [0.15, 0.2) is 0 Å². The van der Waals surface area contributed by atoms with Gasteiger partial charge in [0.05, 0.1) is 5.69 Å². The first-order chi connectivity index (χ1) is 5.20. The summed E-state index contributed by atoms with van der Waals surface area (Å²) in [6.07, 6.45) is 2.05. The van der Waals surface area contributed by atoms with Gasteiger partial charge in [-0.3, -0.25) is 4.98 Å². The zero-order valence-corrected chi connectivity index (χ0v) is 6.98. The molecule has 0 N–H and O–H groups in total. The first kappa shape index (κ1) is 8.47. The lowest BCUT2D eigenvalue weighted by Gasteiger charge is -2.01. The second-order valence-electron chi connectivity index (χ2n) is 2.42. The highest BCUT2D eigenvalue weighted by Gasteiger charge is 2.04. The van der Waals surface area contributed by atoms with Gasteiger partial charge in [-0.1, -0.05) is 0 Å². The van der Waals surface area contributed by atoms with E-state index in [2.05, 4.69) is 4.98 Å². The van der Waals surface area contributed by atoms with Gasteiger partial charge in [0.2, 0.25) is 0 Å². The Morgan fingerprint density at radius 3 is 3.00 bits per heavy atom. The fourth-order valence-electron chi connectivity index (χ4n) is 0.835. The van der Waals surface area contributed by atoms with E-state index in [1.807, 2.05) is 6.92 Å². The van der Waals surface area contributed by atoms with Crippen LogP contribution >= 0.6 is 11.6 Å². The van der Waals surface area contributed by atoms with Crippen molar-refractivity contribution in [2.45, 2.75) is 18.7 Å². The molecular weight excluding hydrogens is 165 g/mol. The Morgan fingerprint density at radius 2 is 2.45 bits per heavy atom. The molecule has 60 valence electrons. The zero-order valence-electron chi connectivity index (χ0n) is 6.22. The van der Waals surface area contributed by atoms with Crippen LogP contribution in [0.1, 0.15) is 12.6 Å². The quantitative estimate of drug-likeness (QED) is 0.626. The molecule has 0 spiro atoms. The summed E-state index contributed by atoms with van der Waals surface area (Å²) in [7, 11) is 0. The Morgan fingerprint density at radius 1 is 1.73 bits per heavy atom. The molecule has 0 aliphatic heterocycles. The fourth-order valence-corrected chi connectivity index (χ4v) is 0.981. The van der Waals surface area contributed by atoms with E-state index in [4.69, 9.17) is 11.6 Å². The predicted octanol–water partition coefficient (Wildman–Crippen LogP) is 2.39. The molecule has 0 aliphatic carbocycles. The minimum Gasteiger partial charge on any atom is -0.258 e. The summed E-state index contributed by atoms with van der Waals surface area (Å²) in [6.45, 7) is 1.82. The molecule has 0 fully saturated rings. The van der Waals surface area contributed by atoms with Gasteiger partial charge in [0.25, 0.3) is 0 Å². The van der Waals surface area contributed by atoms with Crippen molar-refractivity contribution in [3.8, 4) is 0 Å². The second-order valence-corrected chi connectivity index (χ2v) is 3.16. The maximum absolute atomic E-state index is 12.8. The number of alkyl halides is 1. The molecule has 1 nitrogen and oxygen atoms in total. The maximum Gasteiger partial charge on any atom is 0.144 e. The molecule has 0 aromatic carbocycles. The van der Waals surface area contributed by atoms with Crippen molar-refractivity contribution in [2.24, 2.45) is 0 Å². The van der Waals surface area contributed by atoms with Crippen LogP contribution in [0.25, 0.3) is 0 Å². The third-order valence-corrected chi connectivity index (χ3v) is 1.46. The lowest BCUT2D eigenvalue weighted by atomic mass is 10.2. The van der Waals surface area contributed by atoms with Gasteiger partial charge in [0, 0.05) is 18.0 Å². The highest BCUT2D eigenvalue weighted by Crippen LogP contribution is 2.08. The van der Waals surface area contributed by atoms with Gasteiger partial charge in [-0.25, -0.2) is 4.39 Å². The number of aromatic nitrogens is 1. The molecule has 3 heteroatoms. The average Bonchev–Trinajstić information content (AvgIpc) is 1.93. The molecule has 1 unspecified atom stereocenters. The molecular formula is C8H9ClFN. The largest absolute Gasteiger partial charge is 0.258 e. The van der Waals surface area contributed by atoms with Crippen LogP contribution in [0.5, 0.6) is 0 Å². The van der Waals surface area contributed by atoms with Crippen molar-refractivity contribution >= 4 is 11.6 Å². The van der Waals surface area contributed by atoms with Crippen LogP contribution in [0.2, 0.25) is 0 Å². The van der Waals surface area contributed by atoms with Crippen LogP contribution in [0.15, 0.2) is 18.3 Å². The third kappa shape index (κ3) is 2.46. The van der Waals surface area contributed by atoms with E-state index < -0.39 is 0 Å². The lowest BCUT2D eigenvalue weighted by molar-refractivity contribution is 0.596. The van der Waals surface area contributed by atoms with Crippen molar-refractivity contribution in [3.63, 3.8) is 0 Å². The van der Waals surface area contributed by atoms with Gasteiger partial charge in [-0.2, -0.15) is 0 Å². The van der Waals surface area contributed by atoms with E-state index in [1.165, 1.54) is 6.07 Å². The Bertz CT molecular complexity index is 237. The third-order valence-electron chi connectivity index (χ3n) is 1.31. The van der Waals surface area contributed by atoms with Crippen molar-refractivity contribution < 1.29 is 4.39 Å². The molecule has 1 aromatic rings. The van der Waals surface area contributed by atoms with Crippen LogP contribution < -0.4 is 0 Å². The smallest absolute Gasteiger partial charge is 0.144 e. The van der Waals surface area contributed by atoms with Gasteiger partial charge in [0.1, 0.15) is 5.82 Å². The fraction of sp³-hybridized carbons (Fsp3) is 0.375. The maximum atomic E-state index is 12.8. The summed E-state index contributed by atoms with van der Waals surface area (Å²) in [6, 6.07) is 2.96. The van der Waals surface area contributed by atoms with Gasteiger partial charge >= 0.3 is 0 Å². The Labute approximate surface area is 70.2 Å². The molecule has 1 heterocycles. The highest BCUT2D eigenvalue weighted by molar-refractivity contribution is 6.20. The van der Waals surface area contributed by atoms with Crippen LogP contribution in [-0.4, -0.2) is 10.4 Å². The lowest BCUT2D eigenvalue weighted by Crippen LogP contribution is -2.02. The molecule has 0 saturated carbocycles. The van der Waals surface area contributed by atoms with Crippen molar-refractivity contribution in [2.75, 3.05) is 0 Å². The first-order valence-corrected chi connectivity index (χ1v) is 3.87. The normalized spacial score (nSPS) is 13.0. The predicted molar refractivity (Wildman–Crippen MR) is 43.2 cm³/mol. The van der Waals surface area contributed by atoms with Crippen LogP contribution in [0.4, 0.5) is 4.39 Å². The number of hydrogen-bond acceptors (Lipinski definition) is 1. The van der Waals surface area contributed by atoms with E-state index in [1.54, 1.807) is 12.3 Å². The SMILES string of the molecule is CC(Cl)Cc1ncccc1F. The zero-order chi connectivity index (χ0) is 8.27. The van der Waals surface area contributed by atoms with E-state index >= 15 is 0 Å².